The van der Waals surface area contributed by atoms with Gasteiger partial charge in [0, 0.05) is 12.2 Å². The van der Waals surface area contributed by atoms with Gasteiger partial charge < -0.3 is 33.9 Å². The minimum atomic E-state index is -1.17. The molecular weight excluding hydrogens is 390 g/mol. The van der Waals surface area contributed by atoms with Gasteiger partial charge >= 0.3 is 0 Å². The summed E-state index contributed by atoms with van der Waals surface area (Å²) < 4.78 is 55.9. The Hall–Kier alpha value is -1.85. The SMILES string of the molecule is C[C@H](OC1CCCCO1)[C@@H](CO)Nc1noc2c(F)c(F)c(C3OCCO3)cc12. The number of ether oxygens (including phenoxy) is 4. The zero-order valence-electron chi connectivity index (χ0n) is 16.0. The lowest BCUT2D eigenvalue weighted by Crippen LogP contribution is -2.40. The van der Waals surface area contributed by atoms with E-state index in [-0.39, 0.29) is 35.2 Å². The third kappa shape index (κ3) is 4.22. The van der Waals surface area contributed by atoms with Crippen LogP contribution >= 0.6 is 0 Å². The molecule has 2 N–H and O–H groups in total. The topological polar surface area (TPSA) is 95.2 Å². The molecule has 2 saturated heterocycles. The van der Waals surface area contributed by atoms with Crippen molar-refractivity contribution in [3.63, 3.8) is 0 Å². The molecule has 10 heteroatoms. The molecule has 2 fully saturated rings. The predicted molar refractivity (Wildman–Crippen MR) is 97.2 cm³/mol. The van der Waals surface area contributed by atoms with Crippen LogP contribution in [0.1, 0.15) is 38.0 Å². The largest absolute Gasteiger partial charge is 0.394 e. The number of benzene rings is 1. The number of rotatable bonds is 7. The van der Waals surface area contributed by atoms with E-state index < -0.39 is 30.1 Å². The summed E-state index contributed by atoms with van der Waals surface area (Å²) in [4.78, 5) is 0. The van der Waals surface area contributed by atoms with Crippen molar-refractivity contribution in [2.24, 2.45) is 0 Å². The molecule has 0 aliphatic carbocycles. The van der Waals surface area contributed by atoms with Crippen LogP contribution in [-0.4, -0.2) is 55.1 Å². The second kappa shape index (κ2) is 8.88. The van der Waals surface area contributed by atoms with Crippen molar-refractivity contribution >= 4 is 16.8 Å². The number of halogens is 2. The van der Waals surface area contributed by atoms with Crippen LogP contribution in [0.4, 0.5) is 14.6 Å². The summed E-state index contributed by atoms with van der Waals surface area (Å²) >= 11 is 0. The number of aliphatic hydroxyl groups excluding tert-OH is 1. The first kappa shape index (κ1) is 20.4. The Kier molecular flexibility index (Phi) is 6.26. The van der Waals surface area contributed by atoms with Crippen LogP contribution < -0.4 is 5.32 Å². The smallest absolute Gasteiger partial charge is 0.207 e. The second-order valence-corrected chi connectivity index (χ2v) is 7.15. The predicted octanol–water partition coefficient (Wildman–Crippen LogP) is 2.86. The van der Waals surface area contributed by atoms with Crippen LogP contribution in [-0.2, 0) is 18.9 Å². The van der Waals surface area contributed by atoms with Crippen molar-refractivity contribution in [2.75, 3.05) is 31.7 Å². The minimum Gasteiger partial charge on any atom is -0.394 e. The molecule has 1 aromatic carbocycles. The van der Waals surface area contributed by atoms with Gasteiger partial charge in [0.05, 0.1) is 37.4 Å². The molecule has 0 bridgehead atoms. The number of nitrogens with zero attached hydrogens (tertiary/aromatic N) is 1. The standard InChI is InChI=1S/C19H24F2N2O6/c1-10(28-14-4-2-3-5-25-14)13(9-24)22-18-12-8-11(19-26-6-7-27-19)15(20)16(21)17(12)29-23-18/h8,10,13-14,19,24H,2-7,9H2,1H3,(H,22,23)/t10-,13+,14?/m0/s1. The quantitative estimate of drug-likeness (QED) is 0.714. The van der Waals surface area contributed by atoms with Gasteiger partial charge in [-0.1, -0.05) is 5.16 Å². The van der Waals surface area contributed by atoms with Crippen LogP contribution in [0.2, 0.25) is 0 Å². The van der Waals surface area contributed by atoms with E-state index in [0.717, 1.165) is 19.3 Å². The number of hydrogen-bond donors (Lipinski definition) is 2. The number of fused-ring (bicyclic) bond motifs is 1. The van der Waals surface area contributed by atoms with Crippen molar-refractivity contribution in [2.45, 2.75) is 50.9 Å². The first-order chi connectivity index (χ1) is 14.1. The van der Waals surface area contributed by atoms with Crippen LogP contribution in [0.3, 0.4) is 0 Å². The maximum atomic E-state index is 14.5. The Morgan fingerprint density at radius 3 is 2.69 bits per heavy atom. The highest BCUT2D eigenvalue weighted by Crippen LogP contribution is 2.35. The van der Waals surface area contributed by atoms with Crippen LogP contribution in [0.15, 0.2) is 10.6 Å². The Morgan fingerprint density at radius 2 is 2.00 bits per heavy atom. The fraction of sp³-hybridized carbons (Fsp3) is 0.632. The summed E-state index contributed by atoms with van der Waals surface area (Å²) in [5, 5.41) is 16.8. The molecule has 8 nitrogen and oxygen atoms in total. The normalized spacial score (nSPS) is 22.8. The van der Waals surface area contributed by atoms with Gasteiger partial charge in [0.15, 0.2) is 24.2 Å². The molecule has 2 aromatic rings. The number of anilines is 1. The van der Waals surface area contributed by atoms with E-state index in [1.54, 1.807) is 6.92 Å². The second-order valence-electron chi connectivity index (χ2n) is 7.15. The Morgan fingerprint density at radius 1 is 1.21 bits per heavy atom. The van der Waals surface area contributed by atoms with Crippen molar-refractivity contribution < 1.29 is 37.4 Å². The molecule has 3 atom stereocenters. The molecular formula is C19H24F2N2O6. The van der Waals surface area contributed by atoms with Gasteiger partial charge in [-0.2, -0.15) is 4.39 Å². The lowest BCUT2D eigenvalue weighted by Gasteiger charge is -2.30. The van der Waals surface area contributed by atoms with Crippen LogP contribution in [0.25, 0.3) is 11.0 Å². The molecule has 0 radical (unpaired) electrons. The molecule has 2 aliphatic heterocycles. The van der Waals surface area contributed by atoms with E-state index in [0.29, 0.717) is 19.8 Å². The zero-order valence-corrected chi connectivity index (χ0v) is 16.0. The van der Waals surface area contributed by atoms with Crippen molar-refractivity contribution in [1.82, 2.24) is 5.16 Å². The summed E-state index contributed by atoms with van der Waals surface area (Å²) in [6.07, 6.45) is 1.04. The number of aliphatic hydroxyl groups is 1. The monoisotopic (exact) mass is 414 g/mol. The number of hydrogen-bond acceptors (Lipinski definition) is 8. The summed E-state index contributed by atoms with van der Waals surface area (Å²) in [5.41, 5.74) is -0.396. The lowest BCUT2D eigenvalue weighted by atomic mass is 10.1. The van der Waals surface area contributed by atoms with Gasteiger partial charge in [-0.25, -0.2) is 4.39 Å². The van der Waals surface area contributed by atoms with Crippen molar-refractivity contribution in [1.29, 1.82) is 0 Å². The first-order valence-corrected chi connectivity index (χ1v) is 9.73. The fourth-order valence-corrected chi connectivity index (χ4v) is 3.49. The van der Waals surface area contributed by atoms with Crippen LogP contribution in [0.5, 0.6) is 0 Å². The van der Waals surface area contributed by atoms with Gasteiger partial charge in [0.25, 0.3) is 0 Å². The summed E-state index contributed by atoms with van der Waals surface area (Å²) in [6.45, 7) is 2.75. The molecule has 1 aromatic heterocycles. The van der Waals surface area contributed by atoms with E-state index in [1.807, 2.05) is 0 Å². The summed E-state index contributed by atoms with van der Waals surface area (Å²) in [5.74, 6) is -2.10. The third-order valence-corrected chi connectivity index (χ3v) is 5.14. The Labute approximate surface area is 166 Å². The molecule has 1 unspecified atom stereocenters. The summed E-state index contributed by atoms with van der Waals surface area (Å²) in [6, 6.07) is 0.816. The number of nitrogens with one attached hydrogen (secondary N) is 1. The van der Waals surface area contributed by atoms with Gasteiger partial charge in [-0.15, -0.1) is 0 Å². The molecule has 0 spiro atoms. The van der Waals surface area contributed by atoms with E-state index in [1.165, 1.54) is 6.07 Å². The van der Waals surface area contributed by atoms with Crippen molar-refractivity contribution in [3.05, 3.63) is 23.3 Å². The Bertz CT molecular complexity index is 836. The molecule has 0 amide bonds. The number of aromatic nitrogens is 1. The maximum absolute atomic E-state index is 14.5. The third-order valence-electron chi connectivity index (χ3n) is 5.14. The van der Waals surface area contributed by atoms with Gasteiger partial charge in [-0.05, 0) is 32.3 Å². The molecule has 2 aliphatic rings. The van der Waals surface area contributed by atoms with Gasteiger partial charge in [-0.3, -0.25) is 0 Å². The van der Waals surface area contributed by atoms with E-state index in [4.69, 9.17) is 23.5 Å². The van der Waals surface area contributed by atoms with Gasteiger partial charge in [0.1, 0.15) is 0 Å². The van der Waals surface area contributed by atoms with E-state index in [9.17, 15) is 13.9 Å². The Balaban J connectivity index is 1.56. The van der Waals surface area contributed by atoms with E-state index in [2.05, 4.69) is 10.5 Å². The fourth-order valence-electron chi connectivity index (χ4n) is 3.49. The lowest BCUT2D eigenvalue weighted by molar-refractivity contribution is -0.188. The average Bonchev–Trinajstić information content (AvgIpc) is 3.39. The van der Waals surface area contributed by atoms with Crippen molar-refractivity contribution in [3.8, 4) is 0 Å². The van der Waals surface area contributed by atoms with Gasteiger partial charge in [0.2, 0.25) is 11.4 Å². The highest BCUT2D eigenvalue weighted by Gasteiger charge is 2.30. The highest BCUT2D eigenvalue weighted by molar-refractivity contribution is 5.89. The molecule has 29 heavy (non-hydrogen) atoms. The zero-order chi connectivity index (χ0) is 20.4. The molecule has 3 heterocycles. The minimum absolute atomic E-state index is 0.0702. The highest BCUT2D eigenvalue weighted by atomic mass is 19.2. The molecule has 4 rings (SSSR count). The maximum Gasteiger partial charge on any atom is 0.207 e. The molecule has 0 saturated carbocycles. The summed E-state index contributed by atoms with van der Waals surface area (Å²) in [7, 11) is 0. The molecule has 160 valence electrons. The van der Waals surface area contributed by atoms with E-state index >= 15 is 0 Å². The average molecular weight is 414 g/mol. The van der Waals surface area contributed by atoms with Crippen LogP contribution in [0, 0.1) is 11.6 Å². The first-order valence-electron chi connectivity index (χ1n) is 9.73.